The largest absolute Gasteiger partial charge is 0.455 e. The maximum absolute atomic E-state index is 12.6. The smallest absolute Gasteiger partial charge is 0.416 e. The highest BCUT2D eigenvalue weighted by Gasteiger charge is 2.30. The lowest BCUT2D eigenvalue weighted by atomic mass is 10.1. The summed E-state index contributed by atoms with van der Waals surface area (Å²) in [5.74, 6) is -1.76. The van der Waals surface area contributed by atoms with Crippen molar-refractivity contribution in [1.29, 1.82) is 0 Å². The van der Waals surface area contributed by atoms with E-state index in [-0.39, 0.29) is 12.1 Å². The van der Waals surface area contributed by atoms with Crippen LogP contribution in [0.4, 0.5) is 18.0 Å². The van der Waals surface area contributed by atoms with Crippen LogP contribution in [0, 0.1) is 0 Å². The number of amides is 3. The first kappa shape index (κ1) is 19.2. The van der Waals surface area contributed by atoms with E-state index >= 15 is 0 Å². The van der Waals surface area contributed by atoms with E-state index in [9.17, 15) is 27.6 Å². The molecule has 0 bridgehead atoms. The van der Waals surface area contributed by atoms with E-state index in [1.54, 1.807) is 0 Å². The SMILES string of the molecule is C=CCNC(=O)NC(=O)COC(=O)Cc1cccc(C(F)(F)F)c1. The Labute approximate surface area is 135 Å². The third kappa shape index (κ3) is 6.95. The lowest BCUT2D eigenvalue weighted by Gasteiger charge is -2.09. The molecule has 0 saturated carbocycles. The van der Waals surface area contributed by atoms with Gasteiger partial charge in [-0.15, -0.1) is 6.58 Å². The van der Waals surface area contributed by atoms with Crippen LogP contribution in [0.2, 0.25) is 0 Å². The maximum atomic E-state index is 12.6. The summed E-state index contributed by atoms with van der Waals surface area (Å²) < 4.78 is 42.3. The molecule has 0 spiro atoms. The summed E-state index contributed by atoms with van der Waals surface area (Å²) >= 11 is 0. The molecule has 0 unspecified atom stereocenters. The topological polar surface area (TPSA) is 84.5 Å². The zero-order valence-electron chi connectivity index (χ0n) is 12.5. The first-order valence-corrected chi connectivity index (χ1v) is 6.72. The third-order valence-electron chi connectivity index (χ3n) is 2.63. The van der Waals surface area contributed by atoms with Gasteiger partial charge in [-0.1, -0.05) is 24.3 Å². The number of esters is 1. The summed E-state index contributed by atoms with van der Waals surface area (Å²) in [5.41, 5.74) is -0.789. The number of urea groups is 1. The van der Waals surface area contributed by atoms with Crippen LogP contribution in [-0.2, 0) is 26.9 Å². The molecule has 0 heterocycles. The van der Waals surface area contributed by atoms with Crippen molar-refractivity contribution < 1.29 is 32.3 Å². The Morgan fingerprint density at radius 2 is 1.96 bits per heavy atom. The molecule has 0 radical (unpaired) electrons. The van der Waals surface area contributed by atoms with Crippen molar-refractivity contribution in [3.63, 3.8) is 0 Å². The van der Waals surface area contributed by atoms with Gasteiger partial charge in [0.1, 0.15) is 0 Å². The molecule has 6 nitrogen and oxygen atoms in total. The van der Waals surface area contributed by atoms with Crippen LogP contribution in [0.5, 0.6) is 0 Å². The first-order chi connectivity index (χ1) is 11.2. The standard InChI is InChI=1S/C15H15F3N2O4/c1-2-6-19-14(23)20-12(21)9-24-13(22)8-10-4-3-5-11(7-10)15(16,17)18/h2-5,7H,1,6,8-9H2,(H2,19,20,21,23). The minimum Gasteiger partial charge on any atom is -0.455 e. The average Bonchev–Trinajstić information content (AvgIpc) is 2.50. The fraction of sp³-hybridized carbons (Fsp3) is 0.267. The number of ether oxygens (including phenoxy) is 1. The predicted molar refractivity (Wildman–Crippen MR) is 77.8 cm³/mol. The molecule has 0 fully saturated rings. The van der Waals surface area contributed by atoms with E-state index in [2.05, 4.69) is 16.6 Å². The molecule has 0 aliphatic rings. The highest BCUT2D eigenvalue weighted by Crippen LogP contribution is 2.29. The molecule has 24 heavy (non-hydrogen) atoms. The van der Waals surface area contributed by atoms with Crippen LogP contribution < -0.4 is 10.6 Å². The summed E-state index contributed by atoms with van der Waals surface area (Å²) in [7, 11) is 0. The molecule has 0 saturated heterocycles. The fourth-order valence-corrected chi connectivity index (χ4v) is 1.59. The predicted octanol–water partition coefficient (Wildman–Crippen LogP) is 1.80. The minimum absolute atomic E-state index is 0.0963. The van der Waals surface area contributed by atoms with E-state index in [0.717, 1.165) is 12.1 Å². The second kappa shape index (κ2) is 8.70. The molecular formula is C15H15F3N2O4. The third-order valence-corrected chi connectivity index (χ3v) is 2.63. The van der Waals surface area contributed by atoms with Crippen LogP contribution in [0.1, 0.15) is 11.1 Å². The van der Waals surface area contributed by atoms with Gasteiger partial charge >= 0.3 is 18.2 Å². The summed E-state index contributed by atoms with van der Waals surface area (Å²) in [6.07, 6.45) is -3.54. The number of carbonyl (C=O) groups excluding carboxylic acids is 3. The number of hydrogen-bond acceptors (Lipinski definition) is 4. The first-order valence-electron chi connectivity index (χ1n) is 6.72. The summed E-state index contributed by atoms with van der Waals surface area (Å²) in [6.45, 7) is 2.79. The van der Waals surface area contributed by atoms with E-state index in [1.165, 1.54) is 18.2 Å². The van der Waals surface area contributed by atoms with Gasteiger partial charge in [0.05, 0.1) is 12.0 Å². The van der Waals surface area contributed by atoms with E-state index in [4.69, 9.17) is 0 Å². The van der Waals surface area contributed by atoms with Gasteiger partial charge in [0.2, 0.25) is 0 Å². The normalized spacial score (nSPS) is 10.6. The van der Waals surface area contributed by atoms with Crippen LogP contribution in [0.25, 0.3) is 0 Å². The van der Waals surface area contributed by atoms with Crippen LogP contribution >= 0.6 is 0 Å². The summed E-state index contributed by atoms with van der Waals surface area (Å²) in [5, 5.41) is 4.18. The molecule has 0 aromatic heterocycles. The number of rotatable bonds is 6. The second-order valence-corrected chi connectivity index (χ2v) is 4.58. The maximum Gasteiger partial charge on any atom is 0.416 e. The molecule has 130 valence electrons. The Morgan fingerprint density at radius 3 is 2.58 bits per heavy atom. The zero-order chi connectivity index (χ0) is 18.2. The van der Waals surface area contributed by atoms with Crippen molar-refractivity contribution in [3.8, 4) is 0 Å². The van der Waals surface area contributed by atoms with Crippen LogP contribution in [0.15, 0.2) is 36.9 Å². The van der Waals surface area contributed by atoms with Gasteiger partial charge < -0.3 is 10.1 Å². The van der Waals surface area contributed by atoms with E-state index in [0.29, 0.717) is 0 Å². The minimum atomic E-state index is -4.52. The van der Waals surface area contributed by atoms with Crippen molar-refractivity contribution in [3.05, 3.63) is 48.0 Å². The second-order valence-electron chi connectivity index (χ2n) is 4.58. The van der Waals surface area contributed by atoms with Gasteiger partial charge in [-0.25, -0.2) is 4.79 Å². The number of nitrogens with one attached hydrogen (secondary N) is 2. The molecule has 2 N–H and O–H groups in total. The zero-order valence-corrected chi connectivity index (χ0v) is 12.5. The van der Waals surface area contributed by atoms with Crippen molar-refractivity contribution in [2.75, 3.05) is 13.2 Å². The molecule has 0 atom stereocenters. The van der Waals surface area contributed by atoms with Gasteiger partial charge in [-0.3, -0.25) is 14.9 Å². The van der Waals surface area contributed by atoms with E-state index < -0.39 is 42.7 Å². The molecule has 1 aromatic carbocycles. The Kier molecular flexibility index (Phi) is 6.97. The van der Waals surface area contributed by atoms with Crippen LogP contribution in [-0.4, -0.2) is 31.1 Å². The molecule has 1 aromatic rings. The number of halogens is 3. The average molecular weight is 344 g/mol. The Hall–Kier alpha value is -2.84. The number of carbonyl (C=O) groups is 3. The van der Waals surface area contributed by atoms with Crippen molar-refractivity contribution in [2.24, 2.45) is 0 Å². The number of benzene rings is 1. The monoisotopic (exact) mass is 344 g/mol. The fourth-order valence-electron chi connectivity index (χ4n) is 1.59. The molecule has 0 aliphatic heterocycles. The highest BCUT2D eigenvalue weighted by atomic mass is 19.4. The molecule has 1 rings (SSSR count). The van der Waals surface area contributed by atoms with Gasteiger partial charge in [-0.2, -0.15) is 13.2 Å². The summed E-state index contributed by atoms with van der Waals surface area (Å²) in [6, 6.07) is 3.42. The van der Waals surface area contributed by atoms with Gasteiger partial charge in [0.25, 0.3) is 5.91 Å². The Bertz CT molecular complexity index is 629. The van der Waals surface area contributed by atoms with Gasteiger partial charge in [-0.05, 0) is 11.6 Å². The molecule has 0 aliphatic carbocycles. The van der Waals surface area contributed by atoms with Crippen LogP contribution in [0.3, 0.4) is 0 Å². The van der Waals surface area contributed by atoms with Gasteiger partial charge in [0.15, 0.2) is 6.61 Å². The number of hydrogen-bond donors (Lipinski definition) is 2. The van der Waals surface area contributed by atoms with E-state index in [1.807, 2.05) is 5.32 Å². The quantitative estimate of drug-likeness (QED) is 0.609. The van der Waals surface area contributed by atoms with Crippen molar-refractivity contribution >= 4 is 17.9 Å². The highest BCUT2D eigenvalue weighted by molar-refractivity contribution is 5.95. The molecule has 9 heteroatoms. The Morgan fingerprint density at radius 1 is 1.25 bits per heavy atom. The lowest BCUT2D eigenvalue weighted by Crippen LogP contribution is -2.41. The Balaban J connectivity index is 2.45. The van der Waals surface area contributed by atoms with Gasteiger partial charge in [0, 0.05) is 6.54 Å². The molecule has 3 amide bonds. The molecular weight excluding hydrogens is 329 g/mol. The number of alkyl halides is 3. The summed E-state index contributed by atoms with van der Waals surface area (Å²) in [4.78, 5) is 34.0. The van der Waals surface area contributed by atoms with Crippen molar-refractivity contribution in [2.45, 2.75) is 12.6 Å². The lowest BCUT2D eigenvalue weighted by molar-refractivity contribution is -0.147. The van der Waals surface area contributed by atoms with Crippen molar-refractivity contribution in [1.82, 2.24) is 10.6 Å². The number of imide groups is 1.